The number of carbonyl (C=O) groups excluding carboxylic acids is 2. The number of carbonyl (C=O) groups is 3. The highest BCUT2D eigenvalue weighted by atomic mass is 16.8. The van der Waals surface area contributed by atoms with Crippen molar-refractivity contribution in [2.24, 2.45) is 50.2 Å². The van der Waals surface area contributed by atoms with E-state index >= 15 is 4.79 Å². The number of esters is 2. The van der Waals surface area contributed by atoms with Crippen LogP contribution in [0.2, 0.25) is 0 Å². The summed E-state index contributed by atoms with van der Waals surface area (Å²) in [5, 5.41) is 177. The van der Waals surface area contributed by atoms with Crippen LogP contribution in [0.1, 0.15) is 107 Å². The number of fused-ring (bicyclic) bond motifs is 7. The maximum atomic E-state index is 15.5. The van der Waals surface area contributed by atoms with Crippen LogP contribution in [0.3, 0.4) is 0 Å². The molecule has 514 valence electrons. The van der Waals surface area contributed by atoms with Gasteiger partial charge in [-0.1, -0.05) is 46.3 Å². The Balaban J connectivity index is 0.894. The first-order chi connectivity index (χ1) is 42.0. The number of rotatable bonds is 15. The summed E-state index contributed by atoms with van der Waals surface area (Å²) >= 11 is 0. The second-order valence-corrected chi connectivity index (χ2v) is 28.9. The van der Waals surface area contributed by atoms with Gasteiger partial charge >= 0.3 is 17.9 Å². The van der Waals surface area contributed by atoms with Crippen molar-refractivity contribution in [3.63, 3.8) is 0 Å². The van der Waals surface area contributed by atoms with Crippen LogP contribution in [0, 0.1) is 50.2 Å². The summed E-state index contributed by atoms with van der Waals surface area (Å²) in [6, 6.07) is 0. The largest absolute Gasteiger partial charge is 0.481 e. The first-order valence-corrected chi connectivity index (χ1v) is 31.2. The predicted molar refractivity (Wildman–Crippen MR) is 296 cm³/mol. The highest BCUT2D eigenvalue weighted by Crippen LogP contribution is 2.76. The Morgan fingerprint density at radius 2 is 1.23 bits per heavy atom. The van der Waals surface area contributed by atoms with Crippen LogP contribution in [0.5, 0.6) is 0 Å². The number of aliphatic hydroxyl groups excluding tert-OH is 14. The van der Waals surface area contributed by atoms with E-state index in [0.717, 1.165) is 12.5 Å². The number of carboxylic acid groups (broad SMARTS) is 1. The van der Waals surface area contributed by atoms with E-state index in [9.17, 15) is 91.3 Å². The van der Waals surface area contributed by atoms with Crippen LogP contribution in [0.25, 0.3) is 0 Å². The van der Waals surface area contributed by atoms with Crippen LogP contribution in [-0.2, 0) is 66.5 Å². The first-order valence-electron chi connectivity index (χ1n) is 31.2. The summed E-state index contributed by atoms with van der Waals surface area (Å²) in [7, 11) is 0. The second-order valence-electron chi connectivity index (χ2n) is 28.9. The molecule has 90 heavy (non-hydrogen) atoms. The number of ether oxygens (including phenoxy) is 11. The molecule has 0 aromatic heterocycles. The molecule has 0 unspecified atom stereocenters. The molecular weight excluding hydrogens is 1200 g/mol. The number of hydrogen-bond donors (Lipinski definition) is 16. The summed E-state index contributed by atoms with van der Waals surface area (Å²) in [6.07, 6.45) is -36.9. The third-order valence-electron chi connectivity index (χ3n) is 23.2. The molecule has 0 spiro atoms. The zero-order chi connectivity index (χ0) is 66.1. The molecular formula is C60H94O30. The summed E-state index contributed by atoms with van der Waals surface area (Å²) in [5.41, 5.74) is -7.81. The van der Waals surface area contributed by atoms with Gasteiger partial charge in [0.15, 0.2) is 37.4 Å². The Hall–Kier alpha value is -2.81. The molecule has 0 bridgehead atoms. The lowest BCUT2D eigenvalue weighted by Gasteiger charge is -2.71. The molecule has 5 aliphatic carbocycles. The van der Waals surface area contributed by atoms with Crippen molar-refractivity contribution in [1.82, 2.24) is 0 Å². The molecule has 16 N–H and O–H groups in total. The van der Waals surface area contributed by atoms with Gasteiger partial charge < -0.3 is 134 Å². The lowest BCUT2D eigenvalue weighted by Crippen LogP contribution is -2.71. The van der Waals surface area contributed by atoms with E-state index in [1.165, 1.54) is 13.8 Å². The lowest BCUT2D eigenvalue weighted by molar-refractivity contribution is -0.372. The topological polar surface area (TPSA) is 476 Å². The molecule has 5 heterocycles. The number of hydrogen-bond acceptors (Lipinski definition) is 29. The maximum absolute atomic E-state index is 15.5. The Morgan fingerprint density at radius 1 is 0.611 bits per heavy atom. The van der Waals surface area contributed by atoms with E-state index in [0.29, 0.717) is 25.7 Å². The van der Waals surface area contributed by atoms with Gasteiger partial charge in [0.05, 0.1) is 56.8 Å². The van der Waals surface area contributed by atoms with Crippen LogP contribution in [-0.4, -0.2) is 286 Å². The van der Waals surface area contributed by atoms with E-state index < -0.39 is 243 Å². The van der Waals surface area contributed by atoms with Crippen LogP contribution in [0.15, 0.2) is 11.6 Å². The SMILES string of the molecule is CC(=O)O[C@@H]1[C@H](O[C@@H]2OC[C@](O)(CO)[C@H]2O)[C@@H](O)[C@H](O[C@H]2[C@H](OC(=O)[C@]34CCC(C)(C)C[C@H]3C3=CC[C@@H]5[C@@]6(C)C[C@H](O)[C@H](O[C@@H]7O[C@H](CO)[C@@H](O[C@@H]8O[C@H](CO)[C@@H](O)[C@H](O)[C@H]8O)[C@@H](O)[C@H]7O)[C@@](C)(C(=O)O)[C@@H]6CC[C@@]5(C)[C@]3(C)C[C@H]4O)OC[C@@H](O)[C@H]2O)O[C@H]1C. The van der Waals surface area contributed by atoms with Crippen LogP contribution >= 0.6 is 0 Å². The molecule has 0 aromatic rings. The van der Waals surface area contributed by atoms with Gasteiger partial charge in [0.2, 0.25) is 6.29 Å². The van der Waals surface area contributed by atoms with E-state index in [4.69, 9.17) is 52.1 Å². The van der Waals surface area contributed by atoms with Gasteiger partial charge in [-0.05, 0) is 105 Å². The summed E-state index contributed by atoms with van der Waals surface area (Å²) in [5.74, 6) is -4.84. The molecule has 0 aromatic carbocycles. The van der Waals surface area contributed by atoms with Crippen molar-refractivity contribution in [1.29, 1.82) is 0 Å². The minimum Gasteiger partial charge on any atom is -0.481 e. The standard InChI is InChI=1S/C60H94O30/c1-23-41(83-24(2)64)43(87-51-45(75)59(79,21-63)22-81-51)40(74)49(82-23)88-44-34(68)28(66)20-80-50(44)90-53(78)60-14-13-54(3,4)15-26(60)25-9-10-31-55(5)16-27(65)46(58(8,52(76)77)32(55)11-12-56(31,6)57(25,7)17-33(60)67)89-48-39(73)37(71)42(30(19-62)85-48)86-47-38(72)36(70)35(69)29(18-61)84-47/h9,23,26-51,61-63,65-75,79H,10-22H2,1-8H3,(H,76,77)/t23-,26-,27-,28+,29+,30+,31+,32+,33+,34+,35+,36-,37-,38+,39+,40+,41-,42+,43+,44+,45-,46-,47-,48-,49-,50-,51-,55+,56+,57+,58-,59+,60+/m0/s1. The number of aliphatic hydroxyl groups is 15. The zero-order valence-corrected chi connectivity index (χ0v) is 51.7. The summed E-state index contributed by atoms with van der Waals surface area (Å²) in [4.78, 5) is 41.9. The van der Waals surface area contributed by atoms with E-state index in [-0.39, 0.29) is 37.0 Å². The van der Waals surface area contributed by atoms with Gasteiger partial charge in [0.25, 0.3) is 0 Å². The molecule has 10 aliphatic rings. The molecule has 30 heteroatoms. The fraction of sp³-hybridized carbons (Fsp3) is 0.917. The van der Waals surface area contributed by atoms with Crippen molar-refractivity contribution >= 4 is 17.9 Å². The van der Waals surface area contributed by atoms with Crippen molar-refractivity contribution in [3.8, 4) is 0 Å². The zero-order valence-electron chi connectivity index (χ0n) is 51.7. The van der Waals surface area contributed by atoms with Gasteiger partial charge in [0, 0.05) is 6.92 Å². The fourth-order valence-electron chi connectivity index (χ4n) is 17.9. The van der Waals surface area contributed by atoms with Crippen molar-refractivity contribution in [2.45, 2.75) is 260 Å². The second kappa shape index (κ2) is 25.3. The summed E-state index contributed by atoms with van der Waals surface area (Å²) < 4.78 is 64.6. The average molecular weight is 1300 g/mol. The maximum Gasteiger partial charge on any atom is 0.317 e. The lowest BCUT2D eigenvalue weighted by atomic mass is 9.33. The number of carboxylic acids is 1. The highest BCUT2D eigenvalue weighted by Gasteiger charge is 2.74. The monoisotopic (exact) mass is 1290 g/mol. The smallest absolute Gasteiger partial charge is 0.317 e. The third-order valence-corrected chi connectivity index (χ3v) is 23.2. The quantitative estimate of drug-likeness (QED) is 0.0419. The Bertz CT molecular complexity index is 2630. The third kappa shape index (κ3) is 11.3. The van der Waals surface area contributed by atoms with Crippen molar-refractivity contribution in [2.75, 3.05) is 33.0 Å². The van der Waals surface area contributed by atoms with E-state index in [2.05, 4.69) is 26.8 Å². The Morgan fingerprint density at radius 3 is 1.87 bits per heavy atom. The minimum absolute atomic E-state index is 0.0161. The van der Waals surface area contributed by atoms with E-state index in [1.807, 2.05) is 13.8 Å². The fourth-order valence-corrected chi connectivity index (χ4v) is 17.9. The van der Waals surface area contributed by atoms with Crippen molar-refractivity contribution in [3.05, 3.63) is 11.6 Å². The Labute approximate surface area is 519 Å². The van der Waals surface area contributed by atoms with Gasteiger partial charge in [0.1, 0.15) is 96.5 Å². The van der Waals surface area contributed by atoms with Crippen molar-refractivity contribution < 1.29 is 148 Å². The normalized spacial score (nSPS) is 53.4. The molecule has 9 fully saturated rings. The van der Waals surface area contributed by atoms with Gasteiger partial charge in [-0.15, -0.1) is 0 Å². The van der Waals surface area contributed by atoms with Crippen LogP contribution < -0.4 is 0 Å². The molecule has 30 nitrogen and oxygen atoms in total. The molecule has 33 atom stereocenters. The van der Waals surface area contributed by atoms with Gasteiger partial charge in [-0.2, -0.15) is 0 Å². The molecule has 5 saturated heterocycles. The highest BCUT2D eigenvalue weighted by molar-refractivity contribution is 5.80. The van der Waals surface area contributed by atoms with E-state index in [1.54, 1.807) is 0 Å². The van der Waals surface area contributed by atoms with Crippen LogP contribution in [0.4, 0.5) is 0 Å². The first kappa shape index (κ1) is 70.0. The molecule has 0 radical (unpaired) electrons. The van der Waals surface area contributed by atoms with Gasteiger partial charge in [-0.25, -0.2) is 0 Å². The molecule has 10 rings (SSSR count). The minimum atomic E-state index is -2.15. The molecule has 4 saturated carbocycles. The number of allylic oxidation sites excluding steroid dienone is 2. The average Bonchev–Trinajstić information content (AvgIpc) is 0.743. The Kier molecular flexibility index (Phi) is 19.7. The van der Waals surface area contributed by atoms with Gasteiger partial charge in [-0.3, -0.25) is 14.4 Å². The predicted octanol–water partition coefficient (Wildman–Crippen LogP) is -4.33. The number of aliphatic carboxylic acids is 1. The summed E-state index contributed by atoms with van der Waals surface area (Å²) in [6.45, 7) is 10.5. The molecule has 5 aliphatic heterocycles. The molecule has 0 amide bonds.